The van der Waals surface area contributed by atoms with Crippen LogP contribution in [-0.2, 0) is 0 Å². The lowest BCUT2D eigenvalue weighted by Crippen LogP contribution is -2.06. The number of benzene rings is 8. The molecule has 6 heterocycles. The van der Waals surface area contributed by atoms with Crippen LogP contribution in [0.4, 0.5) is 0 Å². The quantitative estimate of drug-likeness (QED) is 0.181. The lowest BCUT2D eigenvalue weighted by atomic mass is 9.99. The summed E-state index contributed by atoms with van der Waals surface area (Å²) >= 11 is 0. The van der Waals surface area contributed by atoms with Gasteiger partial charge in [-0.25, -0.2) is 0 Å². The summed E-state index contributed by atoms with van der Waals surface area (Å²) in [4.78, 5) is 11.1. The van der Waals surface area contributed by atoms with E-state index in [1.807, 2.05) is 12.1 Å². The molecule has 0 unspecified atom stereocenters. The molecule has 268 valence electrons. The molecule has 0 radical (unpaired) electrons. The summed E-state index contributed by atoms with van der Waals surface area (Å²) in [6.45, 7) is 0. The molecule has 8 aromatic carbocycles. The van der Waals surface area contributed by atoms with Crippen molar-refractivity contribution in [1.82, 2.24) is 23.5 Å². The molecule has 0 spiro atoms. The maximum Gasteiger partial charge on any atom is 0.240 e. The van der Waals surface area contributed by atoms with E-state index in [9.17, 15) is 0 Å². The van der Waals surface area contributed by atoms with Crippen LogP contribution in [0.1, 0.15) is 0 Å². The molecule has 0 atom stereocenters. The van der Waals surface area contributed by atoms with Gasteiger partial charge in [0.2, 0.25) is 11.7 Å². The molecule has 0 aliphatic carbocycles. The Morgan fingerprint density at radius 3 is 1.69 bits per heavy atom. The van der Waals surface area contributed by atoms with Crippen LogP contribution in [0.3, 0.4) is 0 Å². The third kappa shape index (κ3) is 3.76. The van der Waals surface area contributed by atoms with Gasteiger partial charge in [-0.3, -0.25) is 9.13 Å². The number of furan rings is 1. The minimum absolute atomic E-state index is 0.548. The molecule has 58 heavy (non-hydrogen) atoms. The Hall–Kier alpha value is -7.96. The Labute approximate surface area is 329 Å². The summed E-state index contributed by atoms with van der Waals surface area (Å²) in [5.41, 5.74) is 11.5. The Morgan fingerprint density at radius 2 is 0.948 bits per heavy atom. The Bertz CT molecular complexity index is 3980. The summed E-state index contributed by atoms with van der Waals surface area (Å²) in [6, 6.07) is 62.8. The first-order chi connectivity index (χ1) is 28.8. The van der Waals surface area contributed by atoms with E-state index < -0.39 is 0 Å². The number of nitrogens with zero attached hydrogens (tertiary/aromatic N) is 5. The second-order valence-corrected chi connectivity index (χ2v) is 15.3. The lowest BCUT2D eigenvalue weighted by Gasteiger charge is -2.12. The fourth-order valence-corrected chi connectivity index (χ4v) is 10.0. The highest BCUT2D eigenvalue weighted by Gasteiger charge is 2.27. The zero-order valence-electron chi connectivity index (χ0n) is 30.9. The van der Waals surface area contributed by atoms with Gasteiger partial charge < -0.3 is 8.82 Å². The van der Waals surface area contributed by atoms with Gasteiger partial charge in [0.25, 0.3) is 0 Å². The summed E-state index contributed by atoms with van der Waals surface area (Å²) in [6.07, 6.45) is 0. The topological polar surface area (TPSA) is 53.2 Å². The summed E-state index contributed by atoms with van der Waals surface area (Å²) < 4.78 is 13.7. The minimum Gasteiger partial charge on any atom is -0.437 e. The van der Waals surface area contributed by atoms with Crippen molar-refractivity contribution in [3.63, 3.8) is 0 Å². The zero-order valence-corrected chi connectivity index (χ0v) is 30.9. The fraction of sp³-hybridized carbons (Fsp3) is 0. The van der Waals surface area contributed by atoms with Crippen LogP contribution in [0, 0.1) is 0 Å². The number of aromatic nitrogens is 5. The number of hydrogen-bond acceptors (Lipinski definition) is 3. The van der Waals surface area contributed by atoms with E-state index in [2.05, 4.69) is 177 Å². The predicted octanol–water partition coefficient (Wildman–Crippen LogP) is 13.4. The summed E-state index contributed by atoms with van der Waals surface area (Å²) in [5, 5.41) is 11.4. The van der Waals surface area contributed by atoms with Crippen molar-refractivity contribution in [2.45, 2.75) is 0 Å². The van der Waals surface area contributed by atoms with Gasteiger partial charge in [0.05, 0.1) is 44.0 Å². The van der Waals surface area contributed by atoms with E-state index >= 15 is 0 Å². The van der Waals surface area contributed by atoms with E-state index in [0.29, 0.717) is 11.7 Å². The van der Waals surface area contributed by atoms with E-state index in [-0.39, 0.29) is 0 Å². The fourth-order valence-electron chi connectivity index (χ4n) is 10.0. The van der Waals surface area contributed by atoms with Crippen molar-refractivity contribution >= 4 is 104 Å². The van der Waals surface area contributed by atoms with E-state index in [1.165, 1.54) is 59.8 Å². The predicted molar refractivity (Wildman–Crippen MR) is 238 cm³/mol. The lowest BCUT2D eigenvalue weighted by molar-refractivity contribution is 0.650. The van der Waals surface area contributed by atoms with Gasteiger partial charge in [-0.05, 0) is 59.7 Å². The van der Waals surface area contributed by atoms with Crippen LogP contribution in [0.2, 0.25) is 0 Å². The standard InChI is InChI=1S/C52H29N5O/c1-2-14-30(15-3-1)31-26-27-43-38(28-31)46-44(29-37-34-18-6-9-21-39(34)55-42-24-12-7-19-35(42)47(46)49(37)55)57(43)52-53-50(48-36-20-8-13-25-45(36)58-51(48)54-52)56-40-22-10-4-16-32(40)33-17-5-11-23-41(33)56/h1-29H. The maximum absolute atomic E-state index is 6.69. The molecule has 6 heteroatoms. The van der Waals surface area contributed by atoms with Gasteiger partial charge in [0, 0.05) is 48.5 Å². The first-order valence-electron chi connectivity index (χ1n) is 19.7. The molecular formula is C52H29N5O. The molecule has 0 N–H and O–H groups in total. The summed E-state index contributed by atoms with van der Waals surface area (Å²) in [5.74, 6) is 1.34. The van der Waals surface area contributed by atoms with Crippen molar-refractivity contribution in [1.29, 1.82) is 0 Å². The first kappa shape index (κ1) is 30.3. The molecule has 0 saturated carbocycles. The number of fused-ring (bicyclic) bond motifs is 16. The van der Waals surface area contributed by atoms with Crippen LogP contribution < -0.4 is 0 Å². The van der Waals surface area contributed by atoms with E-state index in [4.69, 9.17) is 14.4 Å². The Morgan fingerprint density at radius 1 is 0.362 bits per heavy atom. The number of hydrogen-bond donors (Lipinski definition) is 0. The van der Waals surface area contributed by atoms with Crippen LogP contribution in [0.25, 0.3) is 127 Å². The van der Waals surface area contributed by atoms with Gasteiger partial charge in [-0.15, -0.1) is 0 Å². The van der Waals surface area contributed by atoms with E-state index in [1.54, 1.807) is 0 Å². The number of rotatable bonds is 3. The van der Waals surface area contributed by atoms with Crippen molar-refractivity contribution in [3.8, 4) is 22.9 Å². The van der Waals surface area contributed by atoms with Gasteiger partial charge >= 0.3 is 0 Å². The monoisotopic (exact) mass is 739 g/mol. The van der Waals surface area contributed by atoms with Crippen LogP contribution in [-0.4, -0.2) is 23.5 Å². The second-order valence-electron chi connectivity index (χ2n) is 15.3. The molecule has 14 rings (SSSR count). The van der Waals surface area contributed by atoms with Crippen molar-refractivity contribution in [2.75, 3.05) is 0 Å². The third-order valence-electron chi connectivity index (χ3n) is 12.4. The van der Waals surface area contributed by atoms with Crippen LogP contribution >= 0.6 is 0 Å². The van der Waals surface area contributed by atoms with Crippen LogP contribution in [0.15, 0.2) is 180 Å². The maximum atomic E-state index is 6.69. The average molecular weight is 740 g/mol. The molecule has 0 bridgehead atoms. The zero-order chi connectivity index (χ0) is 37.6. The second kappa shape index (κ2) is 10.9. The van der Waals surface area contributed by atoms with Gasteiger partial charge in [-0.1, -0.05) is 127 Å². The molecule has 0 fully saturated rings. The molecule has 0 aliphatic heterocycles. The molecule has 0 amide bonds. The largest absolute Gasteiger partial charge is 0.437 e. The molecule has 6 aromatic heterocycles. The summed E-state index contributed by atoms with van der Waals surface area (Å²) in [7, 11) is 0. The highest BCUT2D eigenvalue weighted by Crippen LogP contribution is 2.47. The SMILES string of the molecule is c1ccc(-c2ccc3c(c2)c2c4c5ccccc5n5c6ccccc6c(cc2n3-c2nc(-n3c6ccccc6c6ccccc63)c3c(n2)oc2ccccc23)c45)cc1. The highest BCUT2D eigenvalue weighted by atomic mass is 16.3. The molecule has 6 nitrogen and oxygen atoms in total. The van der Waals surface area contributed by atoms with Crippen molar-refractivity contribution in [3.05, 3.63) is 176 Å². The first-order valence-corrected chi connectivity index (χ1v) is 19.7. The van der Waals surface area contributed by atoms with Gasteiger partial charge in [-0.2, -0.15) is 9.97 Å². The molecule has 0 saturated heterocycles. The highest BCUT2D eigenvalue weighted by molar-refractivity contribution is 6.36. The van der Waals surface area contributed by atoms with E-state index in [0.717, 1.165) is 55.2 Å². The smallest absolute Gasteiger partial charge is 0.240 e. The average Bonchev–Trinajstić information content (AvgIpc) is 4.08. The molecular weight excluding hydrogens is 711 g/mol. The van der Waals surface area contributed by atoms with Gasteiger partial charge in [0.1, 0.15) is 5.58 Å². The number of para-hydroxylation sites is 5. The van der Waals surface area contributed by atoms with Crippen LogP contribution in [0.5, 0.6) is 0 Å². The molecule has 0 aliphatic rings. The normalized spacial score (nSPS) is 12.5. The Kier molecular flexibility index (Phi) is 5.68. The van der Waals surface area contributed by atoms with Crippen molar-refractivity contribution < 1.29 is 4.42 Å². The van der Waals surface area contributed by atoms with Gasteiger partial charge in [0.15, 0.2) is 5.82 Å². The van der Waals surface area contributed by atoms with Crippen molar-refractivity contribution in [2.24, 2.45) is 0 Å². The minimum atomic E-state index is 0.548. The third-order valence-corrected chi connectivity index (χ3v) is 12.4. The Balaban J connectivity index is 1.20. The molecule has 14 aromatic rings.